The highest BCUT2D eigenvalue weighted by molar-refractivity contribution is 7.80. The summed E-state index contributed by atoms with van der Waals surface area (Å²) >= 11 is 0.969. The number of nitrogens with two attached hydrogens (primary N) is 1. The molecule has 2 aliphatic heterocycles. The van der Waals surface area contributed by atoms with Crippen LogP contribution < -0.4 is 25.8 Å². The number of aliphatic carboxylic acids is 1. The molecule has 0 radical (unpaired) electrons. The summed E-state index contributed by atoms with van der Waals surface area (Å²) in [4.78, 5) is 47.0. The van der Waals surface area contributed by atoms with Gasteiger partial charge in [0.25, 0.3) is 17.9 Å². The molecule has 0 saturated carbocycles. The van der Waals surface area contributed by atoms with E-state index >= 15 is 0 Å². The third kappa shape index (κ3) is 7.04. The maximum absolute atomic E-state index is 13.2. The molecule has 2 amide bonds. The lowest BCUT2D eigenvalue weighted by Gasteiger charge is -2.50. The maximum Gasteiger partial charge on any atom is 0.418 e. The highest BCUT2D eigenvalue weighted by atomic mass is 32.3. The van der Waals surface area contributed by atoms with Crippen LogP contribution in [-0.2, 0) is 47.5 Å². The zero-order chi connectivity index (χ0) is 33.4. The Labute approximate surface area is 266 Å². The smallest absolute Gasteiger partial charge is 0.418 e. The van der Waals surface area contributed by atoms with Gasteiger partial charge < -0.3 is 31.0 Å². The summed E-state index contributed by atoms with van der Waals surface area (Å²) in [6, 6.07) is 4.03. The number of hydrogen-bond acceptors (Lipinski definition) is 13. The van der Waals surface area contributed by atoms with E-state index in [-0.39, 0.29) is 10.8 Å². The van der Waals surface area contributed by atoms with Crippen LogP contribution in [0.15, 0.2) is 34.9 Å². The van der Waals surface area contributed by atoms with Gasteiger partial charge in [0.05, 0.1) is 18.0 Å². The molecule has 1 aromatic carbocycles. The fourth-order valence-electron chi connectivity index (χ4n) is 5.17. The zero-order valence-corrected chi connectivity index (χ0v) is 26.6. The number of fused-ring (bicyclic) bond motifs is 1. The van der Waals surface area contributed by atoms with Crippen LogP contribution in [0, 0.1) is 5.92 Å². The number of benzene rings is 1. The third-order valence-corrected chi connectivity index (χ3v) is 8.69. The van der Waals surface area contributed by atoms with Gasteiger partial charge in [0.1, 0.15) is 29.6 Å². The van der Waals surface area contributed by atoms with Crippen molar-refractivity contribution in [3.8, 4) is 5.75 Å². The van der Waals surface area contributed by atoms with Crippen LogP contribution in [0.4, 0.5) is 5.13 Å². The first-order valence-electron chi connectivity index (χ1n) is 14.0. The molecule has 18 nitrogen and oxygen atoms in total. The van der Waals surface area contributed by atoms with Gasteiger partial charge in [0.2, 0.25) is 6.20 Å². The predicted octanol–water partition coefficient (Wildman–Crippen LogP) is -0.793. The van der Waals surface area contributed by atoms with E-state index in [2.05, 4.69) is 29.7 Å². The first-order chi connectivity index (χ1) is 21.6. The van der Waals surface area contributed by atoms with Crippen LogP contribution in [-0.4, -0.2) is 93.7 Å². The summed E-state index contributed by atoms with van der Waals surface area (Å²) < 4.78 is 45.4. The highest BCUT2D eigenvalue weighted by Gasteiger charge is 2.58. The monoisotopic (exact) mass is 681 g/mol. The van der Waals surface area contributed by atoms with Gasteiger partial charge in [-0.15, -0.1) is 20.3 Å². The zero-order valence-electron chi connectivity index (χ0n) is 24.9. The number of aryl methyl sites for hydroxylation is 1. The molecule has 4 heterocycles. The second-order valence-electron chi connectivity index (χ2n) is 11.3. The number of carbonyl (C=O) groups excluding carboxylic acids is 2. The van der Waals surface area contributed by atoms with Gasteiger partial charge in [-0.3, -0.25) is 14.1 Å². The van der Waals surface area contributed by atoms with Crippen LogP contribution in [0.1, 0.15) is 26.0 Å². The molecule has 2 aromatic heterocycles. The number of nitrogens with zero attached hydrogens (tertiary/aromatic N) is 5. The third-order valence-electron chi connectivity index (χ3n) is 7.68. The van der Waals surface area contributed by atoms with Crippen molar-refractivity contribution in [3.63, 3.8) is 0 Å². The average Bonchev–Trinajstić information content (AvgIpc) is 3.73. The predicted molar refractivity (Wildman–Crippen MR) is 161 cm³/mol. The van der Waals surface area contributed by atoms with E-state index in [1.165, 1.54) is 19.2 Å². The van der Waals surface area contributed by atoms with Crippen molar-refractivity contribution in [3.05, 3.63) is 35.5 Å². The molecule has 0 aliphatic carbocycles. The van der Waals surface area contributed by atoms with E-state index < -0.39 is 58.2 Å². The van der Waals surface area contributed by atoms with Gasteiger partial charge in [-0.2, -0.15) is 18.2 Å². The van der Waals surface area contributed by atoms with Gasteiger partial charge in [-0.05, 0) is 45.0 Å². The number of anilines is 1. The molecule has 20 heteroatoms. The first kappa shape index (κ1) is 33.0. The lowest BCUT2D eigenvalue weighted by atomic mass is 9.84. The van der Waals surface area contributed by atoms with E-state index in [0.717, 1.165) is 48.3 Å². The Hall–Kier alpha value is -4.37. The molecule has 0 spiro atoms. The first-order valence-corrected chi connectivity index (χ1v) is 16.2. The van der Waals surface area contributed by atoms with Gasteiger partial charge in [-0.1, -0.05) is 5.16 Å². The molecule has 6 N–H and O–H groups in total. The van der Waals surface area contributed by atoms with Crippen molar-refractivity contribution < 1.29 is 51.0 Å². The van der Waals surface area contributed by atoms with Gasteiger partial charge in [-0.25, -0.2) is 9.78 Å². The van der Waals surface area contributed by atoms with Crippen molar-refractivity contribution in [2.75, 3.05) is 25.4 Å². The maximum atomic E-state index is 13.2. The Morgan fingerprint density at radius 3 is 2.74 bits per heavy atom. The number of nitrogens with one attached hydrogen (secondary N) is 2. The summed E-state index contributed by atoms with van der Waals surface area (Å²) in [5.74, 6) is -2.51. The van der Waals surface area contributed by atoms with Crippen molar-refractivity contribution in [2.24, 2.45) is 18.1 Å². The lowest BCUT2D eigenvalue weighted by molar-refractivity contribution is -0.775. The van der Waals surface area contributed by atoms with Crippen LogP contribution in [0.25, 0.3) is 10.9 Å². The number of thiazole rings is 1. The lowest BCUT2D eigenvalue weighted by Crippen LogP contribution is -2.76. The Morgan fingerprint density at radius 1 is 1.37 bits per heavy atom. The van der Waals surface area contributed by atoms with E-state index in [1.54, 1.807) is 12.1 Å². The van der Waals surface area contributed by atoms with Crippen LogP contribution in [0.3, 0.4) is 0 Å². The number of carboxylic acid groups (broad SMARTS) is 1. The second kappa shape index (κ2) is 12.8. The molecule has 0 bridgehead atoms. The molecule has 5 rings (SSSR count). The molecular weight excluding hydrogens is 648 g/mol. The highest BCUT2D eigenvalue weighted by Crippen LogP contribution is 2.33. The largest absolute Gasteiger partial charge is 0.489 e. The quantitative estimate of drug-likeness (QED) is 0.0489. The van der Waals surface area contributed by atoms with Crippen LogP contribution >= 0.6 is 11.3 Å². The molecule has 248 valence electrons. The molecule has 3 atom stereocenters. The minimum absolute atomic E-state index is 0.0685. The average molecular weight is 682 g/mol. The molecule has 2 saturated heterocycles. The molecule has 2 fully saturated rings. The second-order valence-corrected chi connectivity index (χ2v) is 13.2. The van der Waals surface area contributed by atoms with Crippen molar-refractivity contribution in [2.45, 2.75) is 44.5 Å². The molecule has 46 heavy (non-hydrogen) atoms. The van der Waals surface area contributed by atoms with E-state index in [0.29, 0.717) is 16.7 Å². The summed E-state index contributed by atoms with van der Waals surface area (Å²) in [5.41, 5.74) is 4.67. The van der Waals surface area contributed by atoms with Gasteiger partial charge in [0, 0.05) is 17.8 Å². The number of amides is 2. The number of carboxylic acids is 1. The summed E-state index contributed by atoms with van der Waals surface area (Å²) in [7, 11) is -3.05. The number of aromatic nitrogens is 3. The molecule has 3 aromatic rings. The normalized spacial score (nSPS) is 20.4. The Balaban J connectivity index is 1.29. The fourth-order valence-corrected chi connectivity index (χ4v) is 6.17. The van der Waals surface area contributed by atoms with E-state index in [9.17, 15) is 27.9 Å². The summed E-state index contributed by atoms with van der Waals surface area (Å²) in [6.07, 6.45) is 1.44. The van der Waals surface area contributed by atoms with Crippen molar-refractivity contribution in [1.29, 1.82) is 0 Å². The minimum atomic E-state index is -5.01. The Kier molecular flexibility index (Phi) is 9.18. The molecular formula is C26H33N8O10S2+. The number of β-lactam (4-membered cyclic amide) rings is 1. The van der Waals surface area contributed by atoms with Gasteiger partial charge >= 0.3 is 16.4 Å². The van der Waals surface area contributed by atoms with Crippen molar-refractivity contribution >= 4 is 61.3 Å². The molecule has 2 unspecified atom stereocenters. The number of oxime groups is 1. The SMILES string of the molecule is Cn1c2ccc(OC[C@H](O/N=C(\C(=O)NC3C(=O)N(OS(=O)(=O)O)C3(C)C)c3csc(N)n3)C(=O)O)cc2c[n+]1CC1CCNC1. The number of rotatable bonds is 13. The van der Waals surface area contributed by atoms with E-state index in [4.69, 9.17) is 19.9 Å². The van der Waals surface area contributed by atoms with Crippen LogP contribution in [0.5, 0.6) is 5.75 Å². The number of ether oxygens (including phenoxy) is 1. The Morgan fingerprint density at radius 2 is 2.13 bits per heavy atom. The minimum Gasteiger partial charge on any atom is -0.489 e. The van der Waals surface area contributed by atoms with Gasteiger partial charge in [0.15, 0.2) is 17.4 Å². The number of carbonyl (C=O) groups is 3. The summed E-state index contributed by atoms with van der Waals surface area (Å²) in [5, 5.41) is 22.0. The van der Waals surface area contributed by atoms with Crippen molar-refractivity contribution in [1.82, 2.24) is 25.4 Å². The number of hydroxylamine groups is 2. The number of nitrogen functional groups attached to an aromatic ring is 1. The Bertz CT molecular complexity index is 1800. The fraction of sp³-hybridized carbons (Fsp3) is 0.462. The standard InChI is InChI=1S/C26H32N8O10S2/c1-26(2)21(23(36)34(26)44-46(39,40)41)30-22(35)20(17-13-45-25(27)29-17)31-43-19(24(37)38)12-42-16-4-5-18-15(8-16)11-33(32(18)3)10-14-6-7-28-9-14/h4-5,8,11,13-14,19,21,28H,6-7,9-10,12H2,1-3H3,(H4-,27,29,30,35,37,38,39,40,41)/p+1/b31-20-/t14?,19-,21?/m0/s1. The van der Waals surface area contributed by atoms with E-state index in [1.807, 2.05) is 24.0 Å². The topological polar surface area (TPSA) is 241 Å². The van der Waals surface area contributed by atoms with Crippen LogP contribution in [0.2, 0.25) is 0 Å². The molecule has 2 aliphatic rings. The number of hydrogen-bond donors (Lipinski definition) is 5. The summed E-state index contributed by atoms with van der Waals surface area (Å²) in [6.45, 7) is 5.08.